The third-order valence-electron chi connectivity index (χ3n) is 2.91. The van der Waals surface area contributed by atoms with E-state index in [0.717, 1.165) is 4.90 Å². The summed E-state index contributed by atoms with van der Waals surface area (Å²) in [6, 6.07) is 11.9. The van der Waals surface area contributed by atoms with Gasteiger partial charge in [-0.15, -0.1) is 11.8 Å². The van der Waals surface area contributed by atoms with E-state index in [2.05, 4.69) is 5.32 Å². The van der Waals surface area contributed by atoms with Crippen molar-refractivity contribution in [3.8, 4) is 0 Å². The molecule has 0 bridgehead atoms. The van der Waals surface area contributed by atoms with E-state index in [9.17, 15) is 14.9 Å². The molecule has 0 atom stereocenters. The molecule has 0 aliphatic heterocycles. The number of hydrogen-bond donors (Lipinski definition) is 1. The number of thioether (sulfide) groups is 1. The number of aryl methyl sites for hydroxylation is 1. The smallest absolute Gasteiger partial charge is 0.293 e. The van der Waals surface area contributed by atoms with Crippen LogP contribution in [0.3, 0.4) is 0 Å². The Hall–Kier alpha value is -2.05. The van der Waals surface area contributed by atoms with Gasteiger partial charge >= 0.3 is 0 Å². The lowest BCUT2D eigenvalue weighted by Crippen LogP contribution is -2.16. The summed E-state index contributed by atoms with van der Waals surface area (Å²) >= 11 is 7.30. The highest BCUT2D eigenvalue weighted by molar-refractivity contribution is 8.00. The first-order chi connectivity index (χ1) is 10.5. The quantitative estimate of drug-likeness (QED) is 0.502. The second-order valence-corrected chi connectivity index (χ2v) is 5.92. The molecule has 2 aromatic carbocycles. The van der Waals surface area contributed by atoms with Gasteiger partial charge in [-0.3, -0.25) is 14.9 Å². The minimum Gasteiger partial charge on any atom is -0.319 e. The molecule has 0 radical (unpaired) electrons. The van der Waals surface area contributed by atoms with E-state index in [1.54, 1.807) is 25.1 Å². The highest BCUT2D eigenvalue weighted by atomic mass is 35.5. The number of carbonyl (C=O) groups is 1. The molecule has 0 spiro atoms. The summed E-state index contributed by atoms with van der Waals surface area (Å²) in [5.41, 5.74) is 0.763. The number of carbonyl (C=O) groups excluding carboxylic acids is 1. The van der Waals surface area contributed by atoms with E-state index in [-0.39, 0.29) is 23.0 Å². The van der Waals surface area contributed by atoms with E-state index in [4.69, 9.17) is 11.6 Å². The van der Waals surface area contributed by atoms with Gasteiger partial charge in [0, 0.05) is 11.0 Å². The molecule has 1 amide bonds. The van der Waals surface area contributed by atoms with Gasteiger partial charge in [0.1, 0.15) is 5.69 Å². The summed E-state index contributed by atoms with van der Waals surface area (Å²) in [4.78, 5) is 23.3. The number of nitro groups is 1. The van der Waals surface area contributed by atoms with Crippen molar-refractivity contribution in [3.63, 3.8) is 0 Å². The van der Waals surface area contributed by atoms with Crippen LogP contribution in [0.2, 0.25) is 5.02 Å². The summed E-state index contributed by atoms with van der Waals surface area (Å²) in [5.74, 6) is -0.197. The van der Waals surface area contributed by atoms with Crippen LogP contribution in [-0.4, -0.2) is 16.6 Å². The van der Waals surface area contributed by atoms with E-state index in [0.29, 0.717) is 10.6 Å². The first kappa shape index (κ1) is 16.3. The Labute approximate surface area is 136 Å². The molecule has 5 nitrogen and oxygen atoms in total. The molecule has 0 saturated heterocycles. The van der Waals surface area contributed by atoms with Crippen molar-refractivity contribution in [2.45, 2.75) is 11.8 Å². The van der Waals surface area contributed by atoms with Crippen molar-refractivity contribution < 1.29 is 9.72 Å². The molecule has 0 unspecified atom stereocenters. The van der Waals surface area contributed by atoms with Crippen LogP contribution in [0.1, 0.15) is 5.56 Å². The first-order valence-electron chi connectivity index (χ1n) is 6.40. The predicted octanol–water partition coefficient (Wildman–Crippen LogP) is 4.29. The Balaban J connectivity index is 2.07. The van der Waals surface area contributed by atoms with Crippen LogP contribution in [0, 0.1) is 17.0 Å². The van der Waals surface area contributed by atoms with Gasteiger partial charge in [-0.1, -0.05) is 35.9 Å². The Morgan fingerprint density at radius 1 is 1.27 bits per heavy atom. The summed E-state index contributed by atoms with van der Waals surface area (Å²) < 4.78 is 0. The van der Waals surface area contributed by atoms with Gasteiger partial charge in [-0.05, 0) is 24.6 Å². The Bertz CT molecular complexity index is 722. The molecular weight excluding hydrogens is 324 g/mol. The number of nitro benzene ring substituents is 1. The Morgan fingerprint density at radius 2 is 2.00 bits per heavy atom. The lowest BCUT2D eigenvalue weighted by Gasteiger charge is -2.09. The number of anilines is 1. The van der Waals surface area contributed by atoms with Gasteiger partial charge in [-0.25, -0.2) is 0 Å². The lowest BCUT2D eigenvalue weighted by atomic mass is 10.1. The van der Waals surface area contributed by atoms with Crippen molar-refractivity contribution >= 4 is 40.6 Å². The number of hydrogen-bond acceptors (Lipinski definition) is 4. The maximum atomic E-state index is 12.0. The minimum absolute atomic E-state index is 0.115. The van der Waals surface area contributed by atoms with Gasteiger partial charge in [-0.2, -0.15) is 0 Å². The molecule has 0 heterocycles. The number of halogens is 1. The fourth-order valence-corrected chi connectivity index (χ4v) is 2.89. The third kappa shape index (κ3) is 3.99. The fraction of sp³-hybridized carbons (Fsp3) is 0.133. The molecule has 2 rings (SSSR count). The maximum absolute atomic E-state index is 12.0. The summed E-state index contributed by atoms with van der Waals surface area (Å²) in [6.45, 7) is 1.71. The predicted molar refractivity (Wildman–Crippen MR) is 88.6 cm³/mol. The van der Waals surface area contributed by atoms with Crippen LogP contribution in [0.5, 0.6) is 0 Å². The average Bonchev–Trinajstić information content (AvgIpc) is 2.48. The number of amides is 1. The van der Waals surface area contributed by atoms with Gasteiger partial charge < -0.3 is 5.32 Å². The van der Waals surface area contributed by atoms with Crippen LogP contribution < -0.4 is 5.32 Å². The van der Waals surface area contributed by atoms with E-state index < -0.39 is 4.92 Å². The van der Waals surface area contributed by atoms with Crippen molar-refractivity contribution in [3.05, 3.63) is 63.2 Å². The second-order valence-electron chi connectivity index (χ2n) is 4.49. The molecule has 7 heteroatoms. The van der Waals surface area contributed by atoms with Crippen LogP contribution in [-0.2, 0) is 4.79 Å². The zero-order chi connectivity index (χ0) is 16.1. The van der Waals surface area contributed by atoms with Crippen LogP contribution in [0.15, 0.2) is 47.4 Å². The Morgan fingerprint density at radius 3 is 2.68 bits per heavy atom. The van der Waals surface area contributed by atoms with Gasteiger partial charge in [0.05, 0.1) is 15.7 Å². The van der Waals surface area contributed by atoms with Crippen molar-refractivity contribution in [1.29, 1.82) is 0 Å². The van der Waals surface area contributed by atoms with Crippen LogP contribution in [0.25, 0.3) is 0 Å². The molecule has 2 aromatic rings. The van der Waals surface area contributed by atoms with Crippen LogP contribution >= 0.6 is 23.4 Å². The summed E-state index contributed by atoms with van der Waals surface area (Å²) in [5, 5.41) is 14.2. The lowest BCUT2D eigenvalue weighted by molar-refractivity contribution is -0.384. The second kappa shape index (κ2) is 7.29. The van der Waals surface area contributed by atoms with Crippen LogP contribution in [0.4, 0.5) is 11.4 Å². The van der Waals surface area contributed by atoms with Crippen molar-refractivity contribution in [1.82, 2.24) is 0 Å². The normalized spacial score (nSPS) is 10.3. The van der Waals surface area contributed by atoms with Crippen molar-refractivity contribution in [2.24, 2.45) is 0 Å². The van der Waals surface area contributed by atoms with Gasteiger partial charge in [0.2, 0.25) is 5.91 Å². The highest BCUT2D eigenvalue weighted by Crippen LogP contribution is 2.29. The average molecular weight is 337 g/mol. The zero-order valence-corrected chi connectivity index (χ0v) is 13.3. The van der Waals surface area contributed by atoms with Gasteiger partial charge in [0.15, 0.2) is 0 Å². The van der Waals surface area contributed by atoms with Gasteiger partial charge in [0.25, 0.3) is 5.69 Å². The largest absolute Gasteiger partial charge is 0.319 e. The van der Waals surface area contributed by atoms with E-state index in [1.165, 1.54) is 17.8 Å². The molecule has 0 fully saturated rings. The number of rotatable bonds is 5. The third-order valence-corrected chi connectivity index (χ3v) is 4.42. The standard InChI is InChI=1S/C15H13ClN2O3S/c1-10-5-4-7-12(18(20)21)15(10)17-14(19)9-22-13-8-3-2-6-11(13)16/h2-8H,9H2,1H3,(H,17,19). The molecule has 1 N–H and O–H groups in total. The molecule has 22 heavy (non-hydrogen) atoms. The number of para-hydroxylation sites is 1. The molecule has 0 aliphatic rings. The summed E-state index contributed by atoms with van der Waals surface area (Å²) in [7, 11) is 0. The maximum Gasteiger partial charge on any atom is 0.293 e. The number of nitrogens with zero attached hydrogens (tertiary/aromatic N) is 1. The number of nitrogens with one attached hydrogen (secondary N) is 1. The van der Waals surface area contributed by atoms with E-state index >= 15 is 0 Å². The SMILES string of the molecule is Cc1cccc([N+](=O)[O-])c1NC(=O)CSc1ccccc1Cl. The van der Waals surface area contributed by atoms with E-state index in [1.807, 2.05) is 18.2 Å². The summed E-state index contributed by atoms with van der Waals surface area (Å²) in [6.07, 6.45) is 0. The fourth-order valence-electron chi connectivity index (χ4n) is 1.85. The molecule has 0 aliphatic carbocycles. The monoisotopic (exact) mass is 336 g/mol. The highest BCUT2D eigenvalue weighted by Gasteiger charge is 2.17. The molecular formula is C15H13ClN2O3S. The van der Waals surface area contributed by atoms with Crippen molar-refractivity contribution in [2.75, 3.05) is 11.1 Å². The molecule has 0 saturated carbocycles. The number of benzene rings is 2. The zero-order valence-electron chi connectivity index (χ0n) is 11.7. The topological polar surface area (TPSA) is 72.2 Å². The molecule has 114 valence electrons. The Kier molecular flexibility index (Phi) is 5.41. The molecule has 0 aromatic heterocycles. The first-order valence-corrected chi connectivity index (χ1v) is 7.76. The minimum atomic E-state index is -0.510.